The van der Waals surface area contributed by atoms with E-state index in [0.717, 1.165) is 5.69 Å². The van der Waals surface area contributed by atoms with Gasteiger partial charge in [-0.3, -0.25) is 4.79 Å². The molecule has 0 radical (unpaired) electrons. The maximum Gasteiger partial charge on any atom is 0.673 e. The average Bonchev–Trinajstić information content (AvgIpc) is 2.66. The molecule has 116 valence electrons. The number of aromatic nitrogens is 2. The molecule has 0 aliphatic rings. The monoisotopic (exact) mass is 302 g/mol. The van der Waals surface area contributed by atoms with Gasteiger partial charge in [-0.15, -0.1) is 0 Å². The number of nitrogens with one attached hydrogen (secondary N) is 1. The lowest BCUT2D eigenvalue weighted by Gasteiger charge is -2.02. The number of urea groups is 1. The number of hydrogen-bond acceptors (Lipinski definition) is 4. The number of carboxylic acids is 1. The molecule has 8 N–H and O–H groups in total. The standard InChI is InChI=1S/C6H9N3O2.CH4N2O.BF4/c7-5(6(10)11)1-4-2-8-3-9-4;2-1(3)4;2-1(3,4)5/h2-3,5H,1,7H2,(H,8,9)(H,10,11);(H4,2,3,4);/q;;-1/t5-;;/m0../s1. The molecule has 0 aliphatic heterocycles. The molecule has 1 aromatic rings. The number of primary amides is 2. The van der Waals surface area contributed by atoms with E-state index in [-0.39, 0.29) is 6.42 Å². The van der Waals surface area contributed by atoms with Gasteiger partial charge < -0.3 is 44.6 Å². The molecule has 20 heavy (non-hydrogen) atoms. The molecule has 0 saturated carbocycles. The second-order valence-electron chi connectivity index (χ2n) is 3.12. The van der Waals surface area contributed by atoms with Crippen LogP contribution in [0.1, 0.15) is 5.69 Å². The molecule has 0 saturated heterocycles. The van der Waals surface area contributed by atoms with Crippen LogP contribution in [0.25, 0.3) is 0 Å². The van der Waals surface area contributed by atoms with E-state index in [2.05, 4.69) is 21.4 Å². The molecular formula is C7H13BF4N5O3-. The number of aliphatic carboxylic acids is 1. The summed E-state index contributed by atoms with van der Waals surface area (Å²) in [5.74, 6) is -1.00. The highest BCUT2D eigenvalue weighted by atomic mass is 19.5. The Balaban J connectivity index is 0. The Morgan fingerprint density at radius 2 is 1.75 bits per heavy atom. The molecule has 1 atom stereocenters. The molecule has 0 fully saturated rings. The highest BCUT2D eigenvalue weighted by molar-refractivity contribution is 6.50. The first-order valence-corrected chi connectivity index (χ1v) is 4.81. The molecule has 1 heterocycles. The first-order chi connectivity index (χ1) is 8.93. The summed E-state index contributed by atoms with van der Waals surface area (Å²) in [5.41, 5.74) is 14.5. The number of aromatic amines is 1. The summed E-state index contributed by atoms with van der Waals surface area (Å²) in [6, 6.07) is -1.68. The van der Waals surface area contributed by atoms with E-state index in [9.17, 15) is 22.1 Å². The summed E-state index contributed by atoms with van der Waals surface area (Å²) in [5, 5.41) is 8.42. The van der Waals surface area contributed by atoms with Gasteiger partial charge in [0.2, 0.25) is 0 Å². The van der Waals surface area contributed by atoms with Gasteiger partial charge in [0.15, 0.2) is 0 Å². The van der Waals surface area contributed by atoms with E-state index < -0.39 is 25.3 Å². The van der Waals surface area contributed by atoms with Crippen molar-refractivity contribution in [2.45, 2.75) is 12.5 Å². The van der Waals surface area contributed by atoms with E-state index >= 15 is 0 Å². The van der Waals surface area contributed by atoms with Gasteiger partial charge in [0.05, 0.1) is 6.33 Å². The number of carboxylic acid groups (broad SMARTS) is 1. The molecule has 0 bridgehead atoms. The van der Waals surface area contributed by atoms with Gasteiger partial charge >= 0.3 is 19.3 Å². The fraction of sp³-hybridized carbons (Fsp3) is 0.286. The maximum absolute atomic E-state index is 10.3. The molecule has 1 rings (SSSR count). The molecule has 0 spiro atoms. The van der Waals surface area contributed by atoms with Gasteiger partial charge in [-0.1, -0.05) is 0 Å². The molecule has 2 amide bonds. The number of carbonyl (C=O) groups excluding carboxylic acids is 1. The number of nitrogens with two attached hydrogens (primary N) is 3. The number of H-pyrrole nitrogens is 1. The third-order valence-electron chi connectivity index (χ3n) is 1.31. The SMILES string of the molecule is F[B-](F)(F)F.NC(N)=O.N[C@@H](Cc1cnc[nH]1)C(=O)O. The van der Waals surface area contributed by atoms with Crippen LogP contribution in [0, 0.1) is 0 Å². The molecule has 1 aromatic heterocycles. The van der Waals surface area contributed by atoms with E-state index in [1.165, 1.54) is 6.33 Å². The Morgan fingerprint density at radius 3 is 2.00 bits per heavy atom. The van der Waals surface area contributed by atoms with Gasteiger partial charge in [0.1, 0.15) is 6.04 Å². The molecular weight excluding hydrogens is 289 g/mol. The van der Waals surface area contributed by atoms with Gasteiger partial charge in [-0.05, 0) is 0 Å². The molecule has 0 aliphatic carbocycles. The van der Waals surface area contributed by atoms with E-state index in [0.29, 0.717) is 0 Å². The van der Waals surface area contributed by atoms with Crippen molar-refractivity contribution in [3.63, 3.8) is 0 Å². The van der Waals surface area contributed by atoms with Crippen molar-refractivity contribution in [1.82, 2.24) is 9.97 Å². The minimum atomic E-state index is -6.00. The van der Waals surface area contributed by atoms with Gasteiger partial charge in [0, 0.05) is 18.3 Å². The van der Waals surface area contributed by atoms with E-state index in [1.807, 2.05) is 0 Å². The fourth-order valence-electron chi connectivity index (χ4n) is 0.721. The van der Waals surface area contributed by atoms with E-state index in [1.54, 1.807) is 6.20 Å². The van der Waals surface area contributed by atoms with Crippen LogP contribution in [0.4, 0.5) is 22.1 Å². The highest BCUT2D eigenvalue weighted by Crippen LogP contribution is 2.06. The van der Waals surface area contributed by atoms with Crippen LogP contribution in [-0.4, -0.2) is 40.4 Å². The Hall–Kier alpha value is -2.31. The molecule has 0 unspecified atom stereocenters. The lowest BCUT2D eigenvalue weighted by Crippen LogP contribution is -2.32. The smallest absolute Gasteiger partial charge is 0.480 e. The van der Waals surface area contributed by atoms with Crippen molar-refractivity contribution in [1.29, 1.82) is 0 Å². The zero-order valence-corrected chi connectivity index (χ0v) is 9.97. The summed E-state index contributed by atoms with van der Waals surface area (Å²) in [4.78, 5) is 25.8. The van der Waals surface area contributed by atoms with Crippen molar-refractivity contribution >= 4 is 19.3 Å². The van der Waals surface area contributed by atoms with Crippen molar-refractivity contribution < 1.29 is 32.0 Å². The Bertz CT molecular complexity index is 390. The first-order valence-electron chi connectivity index (χ1n) is 4.81. The van der Waals surface area contributed by atoms with Gasteiger partial charge in [-0.2, -0.15) is 0 Å². The van der Waals surface area contributed by atoms with Crippen molar-refractivity contribution in [2.24, 2.45) is 17.2 Å². The maximum atomic E-state index is 10.3. The average molecular weight is 302 g/mol. The normalized spacial score (nSPS) is 11.2. The Labute approximate surface area is 110 Å². The fourth-order valence-corrected chi connectivity index (χ4v) is 0.721. The second-order valence-corrected chi connectivity index (χ2v) is 3.12. The first kappa shape index (κ1) is 20.0. The zero-order chi connectivity index (χ0) is 16.3. The van der Waals surface area contributed by atoms with Gasteiger partial charge in [0.25, 0.3) is 0 Å². The van der Waals surface area contributed by atoms with Crippen molar-refractivity contribution in [3.8, 4) is 0 Å². The van der Waals surface area contributed by atoms with Gasteiger partial charge in [-0.25, -0.2) is 9.78 Å². The molecule has 0 aromatic carbocycles. The lowest BCUT2D eigenvalue weighted by atomic mass is 10.2. The van der Waals surface area contributed by atoms with Crippen molar-refractivity contribution in [3.05, 3.63) is 18.2 Å². The molecule has 8 nitrogen and oxygen atoms in total. The van der Waals surface area contributed by atoms with Crippen LogP contribution >= 0.6 is 0 Å². The largest absolute Gasteiger partial charge is 0.673 e. The number of hydrogen-bond donors (Lipinski definition) is 5. The summed E-state index contributed by atoms with van der Waals surface area (Å²) < 4.78 is 39.0. The van der Waals surface area contributed by atoms with Crippen LogP contribution in [0.15, 0.2) is 12.5 Å². The van der Waals surface area contributed by atoms with Crippen LogP contribution in [-0.2, 0) is 11.2 Å². The molecule has 13 heteroatoms. The predicted octanol–water partition coefficient (Wildman–Crippen LogP) is -0.312. The third kappa shape index (κ3) is 21.0. The van der Waals surface area contributed by atoms with Crippen LogP contribution in [0.2, 0.25) is 0 Å². The number of carbonyl (C=O) groups is 2. The zero-order valence-electron chi connectivity index (χ0n) is 9.97. The Morgan fingerprint density at radius 1 is 1.35 bits per heavy atom. The predicted molar refractivity (Wildman–Crippen MR) is 61.9 cm³/mol. The summed E-state index contributed by atoms with van der Waals surface area (Å²) in [6.07, 6.45) is 3.34. The van der Waals surface area contributed by atoms with E-state index in [4.69, 9.17) is 15.6 Å². The number of amides is 2. The number of halogens is 4. The minimum absolute atomic E-state index is 0.287. The minimum Gasteiger partial charge on any atom is -0.480 e. The quantitative estimate of drug-likeness (QED) is 0.381. The second kappa shape index (κ2) is 9.60. The summed E-state index contributed by atoms with van der Waals surface area (Å²) in [6.45, 7) is 0. The topological polar surface area (TPSA) is 161 Å². The Kier molecular flexibility index (Phi) is 9.61. The van der Waals surface area contributed by atoms with Crippen LogP contribution < -0.4 is 17.2 Å². The lowest BCUT2D eigenvalue weighted by molar-refractivity contribution is -0.138. The summed E-state index contributed by atoms with van der Waals surface area (Å²) in [7, 11) is -6.00. The van der Waals surface area contributed by atoms with Crippen LogP contribution in [0.3, 0.4) is 0 Å². The number of rotatable bonds is 3. The number of nitrogens with zero attached hydrogens (tertiary/aromatic N) is 1. The van der Waals surface area contributed by atoms with Crippen molar-refractivity contribution in [2.75, 3.05) is 0 Å². The third-order valence-corrected chi connectivity index (χ3v) is 1.31. The van der Waals surface area contributed by atoms with Crippen LogP contribution in [0.5, 0.6) is 0 Å². The summed E-state index contributed by atoms with van der Waals surface area (Å²) >= 11 is 0. The number of imidazole rings is 1. The highest BCUT2D eigenvalue weighted by Gasteiger charge is 2.20.